The molecule has 1 aliphatic rings. The van der Waals surface area contributed by atoms with Gasteiger partial charge in [0.05, 0.1) is 5.92 Å². The molecule has 0 heterocycles. The predicted molar refractivity (Wildman–Crippen MR) is 121 cm³/mol. The van der Waals surface area contributed by atoms with E-state index in [-0.39, 0.29) is 23.6 Å². The van der Waals surface area contributed by atoms with E-state index in [1.807, 2.05) is 26.8 Å². The Labute approximate surface area is 183 Å². The van der Waals surface area contributed by atoms with Gasteiger partial charge in [-0.2, -0.15) is 0 Å². The van der Waals surface area contributed by atoms with Crippen molar-refractivity contribution in [2.24, 2.45) is 17.8 Å². The lowest BCUT2D eigenvalue weighted by Gasteiger charge is -2.32. The number of ketones is 2. The van der Waals surface area contributed by atoms with Crippen LogP contribution in [0, 0.1) is 17.8 Å². The van der Waals surface area contributed by atoms with Gasteiger partial charge in [0.2, 0.25) is 0 Å². The molecule has 1 rings (SSSR count). The summed E-state index contributed by atoms with van der Waals surface area (Å²) < 4.78 is 6.44. The third kappa shape index (κ3) is 8.62. The molecule has 1 fully saturated rings. The zero-order valence-electron chi connectivity index (χ0n) is 17.8. The van der Waals surface area contributed by atoms with Gasteiger partial charge in [-0.3, -0.25) is 9.59 Å². The average molecular weight is 505 g/mol. The zero-order chi connectivity index (χ0) is 21.3. The molecule has 5 nitrogen and oxygen atoms in total. The molecule has 0 spiro atoms. The van der Waals surface area contributed by atoms with Crippen LogP contribution in [0.5, 0.6) is 0 Å². The quantitative estimate of drug-likeness (QED) is 0.177. The van der Waals surface area contributed by atoms with Crippen LogP contribution in [-0.4, -0.2) is 45.7 Å². The molecule has 0 bridgehead atoms. The lowest BCUT2D eigenvalue weighted by atomic mass is 9.70. The highest BCUT2D eigenvalue weighted by Crippen LogP contribution is 2.35. The molecule has 160 valence electrons. The van der Waals surface area contributed by atoms with Gasteiger partial charge in [-0.1, -0.05) is 35.6 Å². The van der Waals surface area contributed by atoms with Gasteiger partial charge in [-0.25, -0.2) is 4.79 Å². The molecule has 0 unspecified atom stereocenters. The van der Waals surface area contributed by atoms with Gasteiger partial charge < -0.3 is 9.64 Å². The predicted octanol–water partition coefficient (Wildman–Crippen LogP) is 5.21. The van der Waals surface area contributed by atoms with E-state index < -0.39 is 11.5 Å². The van der Waals surface area contributed by atoms with E-state index in [1.165, 1.54) is 0 Å². The highest BCUT2D eigenvalue weighted by molar-refractivity contribution is 14.1. The second kappa shape index (κ2) is 11.9. The number of halogens is 1. The Balaban J connectivity index is 2.65. The van der Waals surface area contributed by atoms with Crippen LogP contribution in [0.25, 0.3) is 0 Å². The van der Waals surface area contributed by atoms with Crippen molar-refractivity contribution in [2.45, 2.75) is 71.8 Å². The van der Waals surface area contributed by atoms with Crippen molar-refractivity contribution in [3.8, 4) is 0 Å². The van der Waals surface area contributed by atoms with Gasteiger partial charge in [0.15, 0.2) is 0 Å². The van der Waals surface area contributed by atoms with Crippen molar-refractivity contribution in [1.29, 1.82) is 0 Å². The van der Waals surface area contributed by atoms with Crippen molar-refractivity contribution in [3.63, 3.8) is 0 Å². The largest absolute Gasteiger partial charge is 0.444 e. The maximum atomic E-state index is 12.8. The molecular weight excluding hydrogens is 469 g/mol. The maximum absolute atomic E-state index is 12.8. The smallest absolute Gasteiger partial charge is 0.410 e. The Morgan fingerprint density at radius 1 is 1.29 bits per heavy atom. The molecule has 3 atom stereocenters. The first-order valence-corrected chi connectivity index (χ1v) is 11.8. The third-order valence-corrected chi connectivity index (χ3v) is 5.72. The van der Waals surface area contributed by atoms with Crippen molar-refractivity contribution in [2.75, 3.05) is 17.5 Å². The number of amides is 1. The number of carbonyl (C=O) groups excluding carboxylic acids is 3. The Hall–Kier alpha value is -0.920. The molecular formula is C22H36INO4. The topological polar surface area (TPSA) is 63.7 Å². The minimum Gasteiger partial charge on any atom is -0.444 e. The fraction of sp³-hybridized carbons (Fsp3) is 0.773. The molecule has 0 aromatic rings. The summed E-state index contributed by atoms with van der Waals surface area (Å²) in [6.07, 6.45) is 5.32. The summed E-state index contributed by atoms with van der Waals surface area (Å²) in [6, 6.07) is 0. The fourth-order valence-corrected chi connectivity index (χ4v) is 4.17. The number of carbonyl (C=O) groups is 3. The van der Waals surface area contributed by atoms with Crippen LogP contribution in [0.15, 0.2) is 12.7 Å². The number of hydrogen-bond acceptors (Lipinski definition) is 4. The Bertz CT molecular complexity index is 555. The molecule has 28 heavy (non-hydrogen) atoms. The molecule has 1 aliphatic carbocycles. The number of nitrogens with zero attached hydrogens (tertiary/aromatic N) is 1. The second-order valence-electron chi connectivity index (χ2n) is 8.85. The Morgan fingerprint density at radius 2 is 1.93 bits per heavy atom. The lowest BCUT2D eigenvalue weighted by molar-refractivity contribution is -0.138. The first-order chi connectivity index (χ1) is 13.1. The van der Waals surface area contributed by atoms with Crippen molar-refractivity contribution >= 4 is 40.3 Å². The average Bonchev–Trinajstić information content (AvgIpc) is 2.55. The van der Waals surface area contributed by atoms with E-state index in [0.717, 1.165) is 17.3 Å². The van der Waals surface area contributed by atoms with Gasteiger partial charge in [0.25, 0.3) is 0 Å². The van der Waals surface area contributed by atoms with Gasteiger partial charge in [-0.15, -0.1) is 6.58 Å². The summed E-state index contributed by atoms with van der Waals surface area (Å²) in [7, 11) is 0. The molecule has 0 aliphatic heterocycles. The van der Waals surface area contributed by atoms with Gasteiger partial charge in [0, 0.05) is 30.4 Å². The van der Waals surface area contributed by atoms with Crippen LogP contribution in [0.1, 0.15) is 66.2 Å². The normalized spacial score (nSPS) is 22.6. The van der Waals surface area contributed by atoms with Crippen LogP contribution in [0.3, 0.4) is 0 Å². The Kier molecular flexibility index (Phi) is 10.7. The fourth-order valence-electron chi connectivity index (χ4n) is 3.83. The summed E-state index contributed by atoms with van der Waals surface area (Å²) in [5.74, 6) is -0.00974. The van der Waals surface area contributed by atoms with Crippen LogP contribution < -0.4 is 0 Å². The summed E-state index contributed by atoms with van der Waals surface area (Å²) in [5, 5.41) is 0. The standard InChI is InChI=1S/C22H36INO4/c1-6-9-17-14-16(2)15-19(26)20(17)18(25)10-7-12-24(13-8-11-23)21(27)28-22(3,4)5/h6,16-17,20H,1,7-15H2,2-5H3/t16-,17-,20-/m1/s1. The first kappa shape index (κ1) is 25.1. The zero-order valence-corrected chi connectivity index (χ0v) is 20.0. The van der Waals surface area contributed by atoms with E-state index in [0.29, 0.717) is 44.7 Å². The minimum atomic E-state index is -0.543. The second-order valence-corrected chi connectivity index (χ2v) is 9.93. The van der Waals surface area contributed by atoms with Crippen LogP contribution in [0.4, 0.5) is 4.79 Å². The van der Waals surface area contributed by atoms with Gasteiger partial charge in [-0.05, 0) is 58.3 Å². The molecule has 1 amide bonds. The molecule has 0 aromatic carbocycles. The molecule has 1 saturated carbocycles. The molecule has 6 heteroatoms. The number of Topliss-reactive ketones (excluding diaryl/α,β-unsaturated/α-hetero) is 2. The van der Waals surface area contributed by atoms with Gasteiger partial charge >= 0.3 is 6.09 Å². The summed E-state index contributed by atoms with van der Waals surface area (Å²) in [5.41, 5.74) is -0.543. The third-order valence-electron chi connectivity index (χ3n) is 4.95. The Morgan fingerprint density at radius 3 is 2.50 bits per heavy atom. The number of hydrogen-bond donors (Lipinski definition) is 0. The number of alkyl halides is 1. The van der Waals surface area contributed by atoms with Crippen molar-refractivity contribution in [3.05, 3.63) is 12.7 Å². The SMILES string of the molecule is C=CC[C@@H]1C[C@@H](C)CC(=O)[C@H]1C(=O)CCCN(CCCI)C(=O)OC(C)(C)C. The molecule has 0 radical (unpaired) electrons. The van der Waals surface area contributed by atoms with E-state index >= 15 is 0 Å². The van der Waals surface area contributed by atoms with Crippen molar-refractivity contribution < 1.29 is 19.1 Å². The summed E-state index contributed by atoms with van der Waals surface area (Å²) >= 11 is 2.29. The van der Waals surface area contributed by atoms with Crippen molar-refractivity contribution in [1.82, 2.24) is 4.90 Å². The summed E-state index contributed by atoms with van der Waals surface area (Å²) in [6.45, 7) is 12.5. The lowest BCUT2D eigenvalue weighted by Crippen LogP contribution is -2.39. The molecule has 0 aromatic heterocycles. The van der Waals surface area contributed by atoms with Crippen LogP contribution >= 0.6 is 22.6 Å². The maximum Gasteiger partial charge on any atom is 0.410 e. The van der Waals surface area contributed by atoms with E-state index in [2.05, 4.69) is 36.1 Å². The number of rotatable bonds is 10. The van der Waals surface area contributed by atoms with E-state index in [4.69, 9.17) is 4.74 Å². The van der Waals surface area contributed by atoms with Gasteiger partial charge in [0.1, 0.15) is 17.2 Å². The minimum absolute atomic E-state index is 0.0155. The summed E-state index contributed by atoms with van der Waals surface area (Å²) in [4.78, 5) is 39.4. The number of ether oxygens (including phenoxy) is 1. The molecule has 0 N–H and O–H groups in total. The highest BCUT2D eigenvalue weighted by atomic mass is 127. The van der Waals surface area contributed by atoms with Crippen LogP contribution in [0.2, 0.25) is 0 Å². The first-order valence-electron chi connectivity index (χ1n) is 10.3. The highest BCUT2D eigenvalue weighted by Gasteiger charge is 2.38. The number of allylic oxidation sites excluding steroid dienone is 1. The van der Waals surface area contributed by atoms with Crippen LogP contribution in [-0.2, 0) is 14.3 Å². The van der Waals surface area contributed by atoms with E-state index in [1.54, 1.807) is 4.90 Å². The van der Waals surface area contributed by atoms with E-state index in [9.17, 15) is 14.4 Å². The monoisotopic (exact) mass is 505 g/mol. The molecule has 0 saturated heterocycles.